The van der Waals surface area contributed by atoms with Gasteiger partial charge >= 0.3 is 0 Å². The summed E-state index contributed by atoms with van der Waals surface area (Å²) in [6.45, 7) is 10.5. The van der Waals surface area contributed by atoms with Crippen LogP contribution in [0.5, 0.6) is 0 Å². The van der Waals surface area contributed by atoms with Crippen LogP contribution in [0.2, 0.25) is 0 Å². The Morgan fingerprint density at radius 1 is 1.28 bits per heavy atom. The zero-order valence-corrected chi connectivity index (χ0v) is 11.7. The number of amides is 1. The predicted molar refractivity (Wildman–Crippen MR) is 70.5 cm³/mol. The van der Waals surface area contributed by atoms with Crippen LogP contribution in [0.1, 0.15) is 27.7 Å². The maximum absolute atomic E-state index is 11.9. The number of nitrogens with two attached hydrogens (primary N) is 1. The number of hydrogen-bond acceptors (Lipinski definition) is 4. The molecular formula is C12H24N4O2. The van der Waals surface area contributed by atoms with E-state index < -0.39 is 5.54 Å². The van der Waals surface area contributed by atoms with E-state index in [1.54, 1.807) is 0 Å². The van der Waals surface area contributed by atoms with Gasteiger partial charge in [-0.05, 0) is 13.8 Å². The molecule has 0 radical (unpaired) electrons. The zero-order chi connectivity index (χ0) is 13.9. The Morgan fingerprint density at radius 2 is 1.78 bits per heavy atom. The molecular weight excluding hydrogens is 232 g/mol. The van der Waals surface area contributed by atoms with E-state index in [1.165, 1.54) is 0 Å². The van der Waals surface area contributed by atoms with Crippen molar-refractivity contribution in [2.45, 2.75) is 33.2 Å². The topological polar surface area (TPSA) is 82.2 Å². The van der Waals surface area contributed by atoms with Gasteiger partial charge in [-0.1, -0.05) is 19.0 Å². The number of oxime groups is 1. The fourth-order valence-electron chi connectivity index (χ4n) is 2.14. The first-order valence-corrected chi connectivity index (χ1v) is 6.32. The van der Waals surface area contributed by atoms with Gasteiger partial charge < -0.3 is 15.8 Å². The van der Waals surface area contributed by atoms with Gasteiger partial charge in [0, 0.05) is 32.1 Å². The minimum absolute atomic E-state index is 0.0358. The van der Waals surface area contributed by atoms with Crippen molar-refractivity contribution in [1.82, 2.24) is 9.80 Å². The molecule has 104 valence electrons. The first-order chi connectivity index (χ1) is 8.30. The van der Waals surface area contributed by atoms with Crippen molar-refractivity contribution in [2.75, 3.05) is 26.2 Å². The lowest BCUT2D eigenvalue weighted by Gasteiger charge is -2.43. The fourth-order valence-corrected chi connectivity index (χ4v) is 2.14. The largest absolute Gasteiger partial charge is 0.409 e. The van der Waals surface area contributed by atoms with Crippen LogP contribution in [0, 0.1) is 5.92 Å². The van der Waals surface area contributed by atoms with E-state index >= 15 is 0 Å². The molecule has 0 atom stereocenters. The molecule has 1 rings (SSSR count). The summed E-state index contributed by atoms with van der Waals surface area (Å²) in [5, 5.41) is 11.9. The highest BCUT2D eigenvalue weighted by Gasteiger charge is 2.34. The SMILES string of the molecule is CC(C)C(=O)N1CCN(C(C)(C)C(N)=NO)CC1. The first kappa shape index (κ1) is 14.8. The number of piperazine rings is 1. The number of hydrogen-bond donors (Lipinski definition) is 2. The number of carbonyl (C=O) groups excluding carboxylic acids is 1. The van der Waals surface area contributed by atoms with Gasteiger partial charge in [-0.2, -0.15) is 0 Å². The third-order valence-corrected chi connectivity index (χ3v) is 3.61. The van der Waals surface area contributed by atoms with Crippen LogP contribution in [0.25, 0.3) is 0 Å². The van der Waals surface area contributed by atoms with Crippen molar-refractivity contribution in [3.8, 4) is 0 Å². The van der Waals surface area contributed by atoms with Gasteiger partial charge in [0.25, 0.3) is 0 Å². The molecule has 1 amide bonds. The Balaban J connectivity index is 2.62. The summed E-state index contributed by atoms with van der Waals surface area (Å²) in [6, 6.07) is 0. The van der Waals surface area contributed by atoms with Crippen LogP contribution in [0.15, 0.2) is 5.16 Å². The third-order valence-electron chi connectivity index (χ3n) is 3.61. The highest BCUT2D eigenvalue weighted by Crippen LogP contribution is 2.18. The molecule has 0 aromatic rings. The molecule has 6 nitrogen and oxygen atoms in total. The number of carbonyl (C=O) groups is 1. The summed E-state index contributed by atoms with van der Waals surface area (Å²) in [5.74, 6) is 0.427. The molecule has 1 fully saturated rings. The van der Waals surface area contributed by atoms with Gasteiger partial charge in [-0.25, -0.2) is 0 Å². The summed E-state index contributed by atoms with van der Waals surface area (Å²) in [7, 11) is 0. The smallest absolute Gasteiger partial charge is 0.225 e. The van der Waals surface area contributed by atoms with Crippen LogP contribution in [-0.2, 0) is 4.79 Å². The van der Waals surface area contributed by atoms with E-state index in [4.69, 9.17) is 10.9 Å². The fraction of sp³-hybridized carbons (Fsp3) is 0.833. The van der Waals surface area contributed by atoms with Gasteiger partial charge in [0.05, 0.1) is 5.54 Å². The van der Waals surface area contributed by atoms with Crippen LogP contribution in [0.3, 0.4) is 0 Å². The van der Waals surface area contributed by atoms with Crippen molar-refractivity contribution in [2.24, 2.45) is 16.8 Å². The third kappa shape index (κ3) is 2.93. The Kier molecular flexibility index (Phi) is 4.56. The van der Waals surface area contributed by atoms with Crippen LogP contribution >= 0.6 is 0 Å². The van der Waals surface area contributed by atoms with Crippen molar-refractivity contribution < 1.29 is 10.0 Å². The zero-order valence-electron chi connectivity index (χ0n) is 11.7. The second-order valence-corrected chi connectivity index (χ2v) is 5.51. The van der Waals surface area contributed by atoms with E-state index in [2.05, 4.69) is 10.1 Å². The average Bonchev–Trinajstić information content (AvgIpc) is 2.36. The predicted octanol–water partition coefficient (Wildman–Crippen LogP) is 0.312. The van der Waals surface area contributed by atoms with E-state index in [1.807, 2.05) is 32.6 Å². The summed E-state index contributed by atoms with van der Waals surface area (Å²) < 4.78 is 0. The lowest BCUT2D eigenvalue weighted by atomic mass is 10.00. The minimum Gasteiger partial charge on any atom is -0.409 e. The Labute approximate surface area is 108 Å². The van der Waals surface area contributed by atoms with Gasteiger partial charge in [-0.3, -0.25) is 9.69 Å². The van der Waals surface area contributed by atoms with Crippen LogP contribution in [0.4, 0.5) is 0 Å². The van der Waals surface area contributed by atoms with E-state index in [9.17, 15) is 4.79 Å². The number of amidine groups is 1. The summed E-state index contributed by atoms with van der Waals surface area (Å²) >= 11 is 0. The molecule has 0 bridgehead atoms. The average molecular weight is 256 g/mol. The first-order valence-electron chi connectivity index (χ1n) is 6.32. The number of rotatable bonds is 3. The van der Waals surface area contributed by atoms with E-state index in [0.717, 1.165) is 13.1 Å². The second kappa shape index (κ2) is 5.56. The highest BCUT2D eigenvalue weighted by atomic mass is 16.4. The Bertz CT molecular complexity index is 331. The lowest BCUT2D eigenvalue weighted by molar-refractivity contribution is -0.136. The molecule has 0 unspecified atom stereocenters. The molecule has 0 aromatic heterocycles. The van der Waals surface area contributed by atoms with Gasteiger partial charge in [0.2, 0.25) is 5.91 Å². The second-order valence-electron chi connectivity index (χ2n) is 5.51. The number of nitrogens with zero attached hydrogens (tertiary/aromatic N) is 3. The van der Waals surface area contributed by atoms with Gasteiger partial charge in [0.1, 0.15) is 0 Å². The highest BCUT2D eigenvalue weighted by molar-refractivity contribution is 5.88. The van der Waals surface area contributed by atoms with Crippen molar-refractivity contribution in [3.05, 3.63) is 0 Å². The van der Waals surface area contributed by atoms with Crippen LogP contribution < -0.4 is 5.73 Å². The molecule has 6 heteroatoms. The molecule has 3 N–H and O–H groups in total. The Morgan fingerprint density at radius 3 is 2.17 bits per heavy atom. The molecule has 18 heavy (non-hydrogen) atoms. The molecule has 0 aliphatic carbocycles. The summed E-state index contributed by atoms with van der Waals surface area (Å²) in [4.78, 5) is 15.9. The maximum atomic E-state index is 11.9. The lowest BCUT2D eigenvalue weighted by Crippen LogP contribution is -2.60. The minimum atomic E-state index is -0.484. The van der Waals surface area contributed by atoms with Crippen LogP contribution in [-0.4, -0.2) is 58.5 Å². The molecule has 1 saturated heterocycles. The molecule has 0 aromatic carbocycles. The summed E-state index contributed by atoms with van der Waals surface area (Å²) in [6.07, 6.45) is 0. The van der Waals surface area contributed by atoms with Gasteiger partial charge in [-0.15, -0.1) is 0 Å². The van der Waals surface area contributed by atoms with E-state index in [-0.39, 0.29) is 17.7 Å². The molecule has 1 aliphatic rings. The van der Waals surface area contributed by atoms with Crippen molar-refractivity contribution in [1.29, 1.82) is 0 Å². The quantitative estimate of drug-likeness (QED) is 0.329. The molecule has 1 heterocycles. The monoisotopic (exact) mass is 256 g/mol. The summed E-state index contributed by atoms with van der Waals surface area (Å²) in [5.41, 5.74) is 5.22. The normalized spacial score (nSPS) is 19.4. The van der Waals surface area contributed by atoms with Crippen molar-refractivity contribution in [3.63, 3.8) is 0 Å². The maximum Gasteiger partial charge on any atom is 0.225 e. The van der Waals surface area contributed by atoms with Gasteiger partial charge in [0.15, 0.2) is 5.84 Å². The molecule has 1 aliphatic heterocycles. The Hall–Kier alpha value is -1.30. The molecule has 0 spiro atoms. The van der Waals surface area contributed by atoms with Crippen molar-refractivity contribution >= 4 is 11.7 Å². The molecule has 0 saturated carbocycles. The standard InChI is InChI=1S/C12H24N4O2/c1-9(2)10(17)15-5-7-16(8-6-15)12(3,4)11(13)14-18/h9,18H,5-8H2,1-4H3,(H2,13,14). The van der Waals surface area contributed by atoms with E-state index in [0.29, 0.717) is 13.1 Å².